The van der Waals surface area contributed by atoms with Gasteiger partial charge in [-0.3, -0.25) is 9.59 Å². The number of anilines is 1. The van der Waals surface area contributed by atoms with Gasteiger partial charge >= 0.3 is 5.97 Å². The zero-order chi connectivity index (χ0) is 18.7. The summed E-state index contributed by atoms with van der Waals surface area (Å²) in [5.74, 6) is -1.14. The van der Waals surface area contributed by atoms with Gasteiger partial charge in [-0.25, -0.2) is 0 Å². The number of carbonyl (C=O) groups is 2. The molecule has 3 aromatic rings. The van der Waals surface area contributed by atoms with E-state index >= 15 is 0 Å². The fourth-order valence-corrected chi connectivity index (χ4v) is 2.83. The maximum Gasteiger partial charge on any atom is 0.312 e. The monoisotopic (exact) mass is 392 g/mol. The highest BCUT2D eigenvalue weighted by Gasteiger charge is 2.21. The third-order valence-electron chi connectivity index (χ3n) is 3.65. The third kappa shape index (κ3) is 3.98. The molecule has 0 unspecified atom stereocenters. The average molecular weight is 393 g/mol. The summed E-state index contributed by atoms with van der Waals surface area (Å²) in [5, 5.41) is 7.73. The fraction of sp³-hybridized carbons (Fsp3) is 0.167. The van der Waals surface area contributed by atoms with E-state index < -0.39 is 18.0 Å². The largest absolute Gasteiger partial charge is 0.452 e. The van der Waals surface area contributed by atoms with Crippen LogP contribution in [0.2, 0.25) is 10.0 Å². The molecule has 0 aliphatic heterocycles. The zero-order valence-corrected chi connectivity index (χ0v) is 15.2. The van der Waals surface area contributed by atoms with Crippen LogP contribution in [-0.2, 0) is 20.7 Å². The van der Waals surface area contributed by atoms with Crippen LogP contribution in [0.25, 0.3) is 11.0 Å². The Morgan fingerprint density at radius 2 is 1.85 bits per heavy atom. The molecule has 1 aromatic heterocycles. The summed E-state index contributed by atoms with van der Waals surface area (Å²) >= 11 is 12.0. The predicted molar refractivity (Wildman–Crippen MR) is 98.4 cm³/mol. The Morgan fingerprint density at radius 1 is 1.15 bits per heavy atom. The van der Waals surface area contributed by atoms with Gasteiger partial charge in [0.15, 0.2) is 11.7 Å². The van der Waals surface area contributed by atoms with E-state index in [0.717, 1.165) is 5.39 Å². The van der Waals surface area contributed by atoms with Crippen LogP contribution < -0.4 is 5.32 Å². The van der Waals surface area contributed by atoms with E-state index in [-0.39, 0.29) is 12.1 Å². The molecule has 26 heavy (non-hydrogen) atoms. The molecule has 1 N–H and O–H groups in total. The van der Waals surface area contributed by atoms with Crippen LogP contribution in [0.4, 0.5) is 5.69 Å². The summed E-state index contributed by atoms with van der Waals surface area (Å²) < 4.78 is 10.3. The molecule has 1 atom stereocenters. The summed E-state index contributed by atoms with van der Waals surface area (Å²) in [7, 11) is 0. The first kappa shape index (κ1) is 18.2. The van der Waals surface area contributed by atoms with E-state index in [1.807, 2.05) is 12.1 Å². The summed E-state index contributed by atoms with van der Waals surface area (Å²) in [5.41, 5.74) is 1.30. The van der Waals surface area contributed by atoms with E-state index in [2.05, 4.69) is 10.5 Å². The number of esters is 1. The Balaban J connectivity index is 1.63. The molecular formula is C18H14Cl2N2O4. The number of rotatable bonds is 5. The maximum absolute atomic E-state index is 12.2. The van der Waals surface area contributed by atoms with Gasteiger partial charge in [0.05, 0.1) is 22.2 Å². The minimum atomic E-state index is -1.03. The number of hydrogen-bond donors (Lipinski definition) is 1. The highest BCUT2D eigenvalue weighted by atomic mass is 35.5. The average Bonchev–Trinajstić information content (AvgIpc) is 3.01. The van der Waals surface area contributed by atoms with Crippen LogP contribution in [0.3, 0.4) is 0 Å². The second-order valence-electron chi connectivity index (χ2n) is 5.52. The third-order valence-corrected chi connectivity index (χ3v) is 4.28. The van der Waals surface area contributed by atoms with E-state index in [9.17, 15) is 9.59 Å². The van der Waals surface area contributed by atoms with Gasteiger partial charge in [-0.2, -0.15) is 0 Å². The van der Waals surface area contributed by atoms with Gasteiger partial charge in [0.25, 0.3) is 5.91 Å². The lowest BCUT2D eigenvalue weighted by Crippen LogP contribution is -2.30. The van der Waals surface area contributed by atoms with Crippen molar-refractivity contribution in [1.29, 1.82) is 0 Å². The van der Waals surface area contributed by atoms with Gasteiger partial charge in [-0.15, -0.1) is 0 Å². The van der Waals surface area contributed by atoms with E-state index in [4.69, 9.17) is 32.5 Å². The van der Waals surface area contributed by atoms with Crippen LogP contribution in [0.15, 0.2) is 47.0 Å². The molecule has 6 nitrogen and oxygen atoms in total. The molecule has 134 valence electrons. The number of carbonyl (C=O) groups excluding carboxylic acids is 2. The van der Waals surface area contributed by atoms with Crippen molar-refractivity contribution in [2.45, 2.75) is 19.4 Å². The molecule has 0 fully saturated rings. The standard InChI is InChI=1S/C18H14Cl2N2O4/c1-10(18(24)21-17-12(19)6-4-7-13(17)20)25-16(23)9-14-11-5-2-3-8-15(11)26-22-14/h2-8,10H,9H2,1H3,(H,21,24)/t10-/m0/s1. The van der Waals surface area contributed by atoms with Gasteiger partial charge in [-0.1, -0.05) is 46.6 Å². The molecule has 0 radical (unpaired) electrons. The number of nitrogens with zero attached hydrogens (tertiary/aromatic N) is 1. The van der Waals surface area contributed by atoms with Crippen molar-refractivity contribution in [2.24, 2.45) is 0 Å². The molecule has 3 rings (SSSR count). The van der Waals surface area contributed by atoms with Gasteiger partial charge in [-0.05, 0) is 31.2 Å². The number of nitrogens with one attached hydrogen (secondary N) is 1. The lowest BCUT2D eigenvalue weighted by Gasteiger charge is -2.14. The van der Waals surface area contributed by atoms with Gasteiger partial charge < -0.3 is 14.6 Å². The first-order valence-corrected chi connectivity index (χ1v) is 8.49. The van der Waals surface area contributed by atoms with Crippen LogP contribution in [-0.4, -0.2) is 23.1 Å². The first-order chi connectivity index (χ1) is 12.5. The van der Waals surface area contributed by atoms with Crippen molar-refractivity contribution < 1.29 is 18.8 Å². The summed E-state index contributed by atoms with van der Waals surface area (Å²) in [6.07, 6.45) is -1.14. The Morgan fingerprint density at radius 3 is 2.58 bits per heavy atom. The smallest absolute Gasteiger partial charge is 0.312 e. The highest BCUT2D eigenvalue weighted by Crippen LogP contribution is 2.30. The van der Waals surface area contributed by atoms with Crippen molar-refractivity contribution >= 4 is 51.7 Å². The maximum atomic E-state index is 12.2. The fourth-order valence-electron chi connectivity index (χ4n) is 2.34. The number of aromatic nitrogens is 1. The molecule has 1 heterocycles. The quantitative estimate of drug-likeness (QED) is 0.656. The van der Waals surface area contributed by atoms with Crippen LogP contribution >= 0.6 is 23.2 Å². The molecule has 0 saturated heterocycles. The summed E-state index contributed by atoms with van der Waals surface area (Å²) in [6.45, 7) is 1.46. The number of halogens is 2. The minimum Gasteiger partial charge on any atom is -0.452 e. The summed E-state index contributed by atoms with van der Waals surface area (Å²) in [6, 6.07) is 12.0. The van der Waals surface area contributed by atoms with E-state index in [0.29, 0.717) is 21.3 Å². The van der Waals surface area contributed by atoms with Crippen LogP contribution in [0, 0.1) is 0 Å². The van der Waals surface area contributed by atoms with Gasteiger partial charge in [0.1, 0.15) is 5.69 Å². The summed E-state index contributed by atoms with van der Waals surface area (Å²) in [4.78, 5) is 24.3. The Labute approximate surface area is 159 Å². The molecule has 8 heteroatoms. The van der Waals surface area contributed by atoms with Gasteiger partial charge in [0, 0.05) is 5.39 Å². The number of fused-ring (bicyclic) bond motifs is 1. The van der Waals surface area contributed by atoms with Crippen LogP contribution in [0.5, 0.6) is 0 Å². The number of ether oxygens (including phenoxy) is 1. The Kier molecular flexibility index (Phi) is 5.44. The molecule has 0 aliphatic carbocycles. The molecule has 0 bridgehead atoms. The van der Waals surface area contributed by atoms with E-state index in [1.54, 1.807) is 30.3 Å². The van der Waals surface area contributed by atoms with Crippen molar-refractivity contribution in [3.63, 3.8) is 0 Å². The minimum absolute atomic E-state index is 0.110. The predicted octanol–water partition coefficient (Wildman–Crippen LogP) is 4.25. The topological polar surface area (TPSA) is 81.4 Å². The van der Waals surface area contributed by atoms with Crippen molar-refractivity contribution in [1.82, 2.24) is 5.16 Å². The normalized spacial score (nSPS) is 12.0. The Hall–Kier alpha value is -2.57. The molecule has 0 saturated carbocycles. The number of amides is 1. The molecule has 0 aliphatic rings. The second-order valence-corrected chi connectivity index (χ2v) is 6.33. The van der Waals surface area contributed by atoms with Crippen molar-refractivity contribution in [2.75, 3.05) is 5.32 Å². The van der Waals surface area contributed by atoms with Crippen molar-refractivity contribution in [3.8, 4) is 0 Å². The second kappa shape index (κ2) is 7.76. The number of benzene rings is 2. The lowest BCUT2D eigenvalue weighted by atomic mass is 10.2. The highest BCUT2D eigenvalue weighted by molar-refractivity contribution is 6.39. The number of hydrogen-bond acceptors (Lipinski definition) is 5. The molecule has 1 amide bonds. The van der Waals surface area contributed by atoms with Crippen molar-refractivity contribution in [3.05, 3.63) is 58.2 Å². The molecular weight excluding hydrogens is 379 g/mol. The first-order valence-electron chi connectivity index (χ1n) is 7.73. The lowest BCUT2D eigenvalue weighted by molar-refractivity contribution is -0.152. The SMILES string of the molecule is C[C@H](OC(=O)Cc1noc2ccccc12)C(=O)Nc1c(Cl)cccc1Cl. The number of para-hydroxylation sites is 2. The van der Waals surface area contributed by atoms with Crippen LogP contribution in [0.1, 0.15) is 12.6 Å². The zero-order valence-electron chi connectivity index (χ0n) is 13.7. The van der Waals surface area contributed by atoms with Gasteiger partial charge in [0.2, 0.25) is 0 Å². The molecule has 0 spiro atoms. The Bertz CT molecular complexity index is 950. The molecule has 2 aromatic carbocycles. The van der Waals surface area contributed by atoms with E-state index in [1.165, 1.54) is 6.92 Å².